The minimum atomic E-state index is -1.11. The van der Waals surface area contributed by atoms with Crippen molar-refractivity contribution in [3.63, 3.8) is 0 Å². The van der Waals surface area contributed by atoms with Crippen molar-refractivity contribution in [2.45, 2.75) is 38.2 Å². The summed E-state index contributed by atoms with van der Waals surface area (Å²) in [7, 11) is 0. The summed E-state index contributed by atoms with van der Waals surface area (Å²) in [4.78, 5) is 37.2. The zero-order valence-electron chi connectivity index (χ0n) is 17.6. The molecule has 2 N–H and O–H groups in total. The lowest BCUT2D eigenvalue weighted by molar-refractivity contribution is -0.151. The molecular weight excluding hydrogens is 450 g/mol. The number of amides is 3. The Morgan fingerprint density at radius 1 is 1.16 bits per heavy atom. The summed E-state index contributed by atoms with van der Waals surface area (Å²) >= 11 is 2.74. The monoisotopic (exact) mass is 473 g/mol. The van der Waals surface area contributed by atoms with Gasteiger partial charge in [-0.2, -0.15) is 0 Å². The Morgan fingerprint density at radius 2 is 1.94 bits per heavy atom. The van der Waals surface area contributed by atoms with Crippen LogP contribution in [0.3, 0.4) is 0 Å². The third-order valence-electron chi connectivity index (χ3n) is 4.30. The van der Waals surface area contributed by atoms with Crippen LogP contribution in [0.2, 0.25) is 0 Å². The van der Waals surface area contributed by atoms with Crippen molar-refractivity contribution in [3.05, 3.63) is 53.4 Å². The standard InChI is InChI=1S/C21H23N5O4S2/c1-3-26-18(16-10-7-11-31-16)24-25-21(26)32-13-17(27)30-14(2)19(28)23-20(29)22-12-15-8-5-4-6-9-15/h4-11,14H,3,12-13H2,1-2H3,(H2,22,23,28,29). The quantitative estimate of drug-likeness (QED) is 0.362. The van der Waals surface area contributed by atoms with Crippen LogP contribution in [0, 0.1) is 0 Å². The van der Waals surface area contributed by atoms with E-state index in [9.17, 15) is 14.4 Å². The molecule has 2 aromatic heterocycles. The number of esters is 1. The van der Waals surface area contributed by atoms with E-state index < -0.39 is 24.0 Å². The molecule has 1 aromatic carbocycles. The van der Waals surface area contributed by atoms with Crippen LogP contribution in [0.15, 0.2) is 53.0 Å². The minimum Gasteiger partial charge on any atom is -0.452 e. The Hall–Kier alpha value is -3.18. The number of rotatable bonds is 9. The molecule has 1 unspecified atom stereocenters. The van der Waals surface area contributed by atoms with Crippen molar-refractivity contribution >= 4 is 41.0 Å². The normalized spacial score (nSPS) is 11.6. The third kappa shape index (κ3) is 6.41. The lowest BCUT2D eigenvalue weighted by atomic mass is 10.2. The number of nitrogens with one attached hydrogen (secondary N) is 2. The van der Waals surface area contributed by atoms with Gasteiger partial charge in [0.15, 0.2) is 17.1 Å². The number of ether oxygens (including phenoxy) is 1. The Balaban J connectivity index is 1.44. The molecule has 0 aliphatic rings. The van der Waals surface area contributed by atoms with Gasteiger partial charge in [0, 0.05) is 13.1 Å². The number of thiophene rings is 1. The van der Waals surface area contributed by atoms with Crippen LogP contribution in [0.4, 0.5) is 4.79 Å². The average Bonchev–Trinajstić information content (AvgIpc) is 3.46. The van der Waals surface area contributed by atoms with Crippen molar-refractivity contribution in [1.29, 1.82) is 0 Å². The number of hydrogen-bond acceptors (Lipinski definition) is 8. The molecule has 3 aromatic rings. The molecule has 32 heavy (non-hydrogen) atoms. The molecule has 0 spiro atoms. The number of imide groups is 1. The fourth-order valence-corrected chi connectivity index (χ4v) is 4.21. The first-order valence-corrected chi connectivity index (χ1v) is 11.8. The van der Waals surface area contributed by atoms with E-state index in [4.69, 9.17) is 4.74 Å². The molecule has 1 atom stereocenters. The van der Waals surface area contributed by atoms with Gasteiger partial charge in [-0.15, -0.1) is 21.5 Å². The van der Waals surface area contributed by atoms with Gasteiger partial charge in [-0.25, -0.2) is 4.79 Å². The van der Waals surface area contributed by atoms with Crippen LogP contribution >= 0.6 is 23.1 Å². The molecule has 3 amide bonds. The highest BCUT2D eigenvalue weighted by molar-refractivity contribution is 7.99. The van der Waals surface area contributed by atoms with E-state index in [-0.39, 0.29) is 12.3 Å². The van der Waals surface area contributed by atoms with E-state index in [2.05, 4.69) is 20.8 Å². The van der Waals surface area contributed by atoms with E-state index in [1.807, 2.05) is 59.3 Å². The van der Waals surface area contributed by atoms with Crippen LogP contribution in [0.1, 0.15) is 19.4 Å². The maximum atomic E-state index is 12.2. The van der Waals surface area contributed by atoms with Gasteiger partial charge >= 0.3 is 12.0 Å². The summed E-state index contributed by atoms with van der Waals surface area (Å²) < 4.78 is 7.06. The Kier molecular flexibility index (Phi) is 8.40. The van der Waals surface area contributed by atoms with Crippen LogP contribution < -0.4 is 10.6 Å². The molecule has 11 heteroatoms. The first kappa shape index (κ1) is 23.5. The summed E-state index contributed by atoms with van der Waals surface area (Å²) in [5, 5.41) is 15.7. The zero-order valence-corrected chi connectivity index (χ0v) is 19.2. The molecule has 0 aliphatic carbocycles. The highest BCUT2D eigenvalue weighted by Gasteiger charge is 2.21. The number of hydrogen-bond donors (Lipinski definition) is 2. The van der Waals surface area contributed by atoms with Gasteiger partial charge in [0.25, 0.3) is 5.91 Å². The third-order valence-corrected chi connectivity index (χ3v) is 6.11. The van der Waals surface area contributed by atoms with Crippen molar-refractivity contribution in [1.82, 2.24) is 25.4 Å². The van der Waals surface area contributed by atoms with Crippen molar-refractivity contribution in [2.75, 3.05) is 5.75 Å². The van der Waals surface area contributed by atoms with Gasteiger partial charge in [-0.05, 0) is 30.9 Å². The second kappa shape index (κ2) is 11.4. The van der Waals surface area contributed by atoms with Gasteiger partial charge in [0.2, 0.25) is 0 Å². The summed E-state index contributed by atoms with van der Waals surface area (Å²) in [6.45, 7) is 4.30. The summed E-state index contributed by atoms with van der Waals surface area (Å²) in [5.41, 5.74) is 0.897. The SMILES string of the molecule is CCn1c(SCC(=O)OC(C)C(=O)NC(=O)NCc2ccccc2)nnc1-c1cccs1. The van der Waals surface area contributed by atoms with Gasteiger partial charge in [-0.3, -0.25) is 14.9 Å². The predicted molar refractivity (Wildman–Crippen MR) is 122 cm³/mol. The van der Waals surface area contributed by atoms with Crippen LogP contribution in [-0.4, -0.2) is 44.5 Å². The maximum Gasteiger partial charge on any atom is 0.321 e. The van der Waals surface area contributed by atoms with Crippen molar-refractivity contribution in [2.24, 2.45) is 0 Å². The topological polar surface area (TPSA) is 115 Å². The highest BCUT2D eigenvalue weighted by atomic mass is 32.2. The second-order valence-electron chi connectivity index (χ2n) is 6.61. The molecule has 0 bridgehead atoms. The molecule has 168 valence electrons. The summed E-state index contributed by atoms with van der Waals surface area (Å²) in [6.07, 6.45) is -1.11. The molecule has 0 fully saturated rings. The molecule has 2 heterocycles. The Bertz CT molecular complexity index is 1050. The Morgan fingerprint density at radius 3 is 2.62 bits per heavy atom. The maximum absolute atomic E-state index is 12.2. The predicted octanol–water partition coefficient (Wildman–Crippen LogP) is 3.08. The molecule has 0 radical (unpaired) electrons. The van der Waals surface area contributed by atoms with Gasteiger partial charge in [0.05, 0.1) is 10.6 Å². The number of urea groups is 1. The van der Waals surface area contributed by atoms with E-state index in [0.29, 0.717) is 11.7 Å². The zero-order chi connectivity index (χ0) is 22.9. The summed E-state index contributed by atoms with van der Waals surface area (Å²) in [6, 6.07) is 12.5. The Labute approximate surface area is 193 Å². The lowest BCUT2D eigenvalue weighted by Crippen LogP contribution is -2.44. The molecule has 3 rings (SSSR count). The van der Waals surface area contributed by atoms with E-state index in [0.717, 1.165) is 16.3 Å². The summed E-state index contributed by atoms with van der Waals surface area (Å²) in [5.74, 6) is -0.593. The number of benzene rings is 1. The van der Waals surface area contributed by atoms with Crippen LogP contribution in [0.25, 0.3) is 10.7 Å². The molecular formula is C21H23N5O4S2. The largest absolute Gasteiger partial charge is 0.452 e. The number of carbonyl (C=O) groups excluding carboxylic acids is 3. The minimum absolute atomic E-state index is 0.0413. The highest BCUT2D eigenvalue weighted by Crippen LogP contribution is 2.27. The van der Waals surface area contributed by atoms with Crippen molar-refractivity contribution in [3.8, 4) is 10.7 Å². The number of nitrogens with zero attached hydrogens (tertiary/aromatic N) is 3. The first-order valence-electron chi connectivity index (χ1n) is 9.90. The first-order chi connectivity index (χ1) is 15.5. The molecule has 0 saturated heterocycles. The number of thioether (sulfide) groups is 1. The average molecular weight is 474 g/mol. The van der Waals surface area contributed by atoms with Gasteiger partial charge in [-0.1, -0.05) is 48.2 Å². The molecule has 9 nitrogen and oxygen atoms in total. The van der Waals surface area contributed by atoms with E-state index in [1.165, 1.54) is 18.7 Å². The fraction of sp³-hybridized carbons (Fsp3) is 0.286. The molecule has 0 saturated carbocycles. The van der Waals surface area contributed by atoms with Crippen LogP contribution in [0.5, 0.6) is 0 Å². The second-order valence-corrected chi connectivity index (χ2v) is 8.50. The van der Waals surface area contributed by atoms with Crippen molar-refractivity contribution < 1.29 is 19.1 Å². The number of carbonyl (C=O) groups is 3. The van der Waals surface area contributed by atoms with Crippen LogP contribution in [-0.2, 0) is 27.4 Å². The van der Waals surface area contributed by atoms with Gasteiger partial charge in [0.1, 0.15) is 0 Å². The lowest BCUT2D eigenvalue weighted by Gasteiger charge is -2.13. The fourth-order valence-electron chi connectivity index (χ4n) is 2.71. The smallest absolute Gasteiger partial charge is 0.321 e. The molecule has 0 aliphatic heterocycles. The van der Waals surface area contributed by atoms with E-state index in [1.54, 1.807) is 11.3 Å². The van der Waals surface area contributed by atoms with Gasteiger partial charge < -0.3 is 14.6 Å². The van der Waals surface area contributed by atoms with E-state index >= 15 is 0 Å². The number of aromatic nitrogens is 3.